The van der Waals surface area contributed by atoms with E-state index in [4.69, 9.17) is 17.2 Å². The van der Waals surface area contributed by atoms with Gasteiger partial charge in [-0.1, -0.05) is 68.3 Å². The number of aromatic amines is 2. The minimum atomic E-state index is -1.43. The molecule has 1 fully saturated rings. The molecule has 28 heteroatoms. The van der Waals surface area contributed by atoms with Gasteiger partial charge in [0.05, 0.1) is 6.33 Å². The standard InChI is InChI=1S/C52H72N16O10S2/c1-5-6-18-40(68-49(77)52(3,4)67-51(68)78)48(76)66-39(26-80)47(75)60-28(2)42(70)62-37(22-31-24-56-27-59-31)46(74)63-35(20-29-13-8-7-9-14-29)44(72)61-34(17-12-19-57-50(54)55)43(71)64-36(45(73)65-38(25-79)41(53)69)21-30-23-58-33-16-11-10-15-32(30)33/h7-11,13-16,23-24,27-28,34-40,58,79-80H,5-6,12,17-22,25-26H2,1-4H3,(H2,53,69)(H,56,59)(H,60,75)(H,61,72)(H,62,70)(H,63,74)(H,64,71)(H,65,73)(H,66,76)(H,67,78)(H4,54,55,57). The van der Waals surface area contributed by atoms with Crippen molar-refractivity contribution in [2.45, 2.75) is 133 Å². The second-order valence-electron chi connectivity index (χ2n) is 19.7. The number of hydrogen-bond acceptors (Lipinski definition) is 14. The molecule has 0 radical (unpaired) electrons. The molecule has 5 rings (SSSR count). The summed E-state index contributed by atoms with van der Waals surface area (Å²) in [7, 11) is 0. The number of imide groups is 1. The molecule has 0 saturated carbocycles. The van der Waals surface area contributed by atoms with E-state index < -0.39 is 113 Å². The molecule has 2 aromatic heterocycles. The van der Waals surface area contributed by atoms with Crippen molar-refractivity contribution in [1.29, 1.82) is 0 Å². The number of aliphatic imine (C=N–C) groups is 1. The van der Waals surface area contributed by atoms with Crippen molar-refractivity contribution in [1.82, 2.24) is 62.4 Å². The first-order valence-electron chi connectivity index (χ1n) is 26.0. The number of nitrogens with zero attached hydrogens (tertiary/aromatic N) is 3. The Morgan fingerprint density at radius 2 is 1.23 bits per heavy atom. The van der Waals surface area contributed by atoms with Crippen LogP contribution in [0.25, 0.3) is 10.9 Å². The molecule has 0 aliphatic carbocycles. The van der Waals surface area contributed by atoms with Crippen LogP contribution in [0.3, 0.4) is 0 Å². The lowest BCUT2D eigenvalue weighted by Gasteiger charge is -2.28. The summed E-state index contributed by atoms with van der Waals surface area (Å²) in [6, 6.07) is 4.50. The molecule has 8 unspecified atom stereocenters. The lowest BCUT2D eigenvalue weighted by Crippen LogP contribution is -2.61. The maximum atomic E-state index is 14.7. The summed E-state index contributed by atoms with van der Waals surface area (Å²) >= 11 is 8.41. The second kappa shape index (κ2) is 29.7. The highest BCUT2D eigenvalue weighted by molar-refractivity contribution is 7.80. The minimum absolute atomic E-state index is 0.0462. The zero-order chi connectivity index (χ0) is 58.7. The highest BCUT2D eigenvalue weighted by atomic mass is 32.1. The Morgan fingerprint density at radius 1 is 0.662 bits per heavy atom. The number of thiol groups is 2. The number of para-hydroxylation sites is 1. The first-order chi connectivity index (χ1) is 38.1. The van der Waals surface area contributed by atoms with E-state index in [9.17, 15) is 47.9 Å². The number of nitrogens with two attached hydrogens (primary N) is 3. The van der Waals surface area contributed by atoms with Gasteiger partial charge in [-0.15, -0.1) is 0 Å². The van der Waals surface area contributed by atoms with Crippen LogP contribution < -0.4 is 59.7 Å². The number of benzene rings is 2. The third-order valence-corrected chi connectivity index (χ3v) is 13.8. The highest BCUT2D eigenvalue weighted by Crippen LogP contribution is 2.23. The fraction of sp³-hybridized carbons (Fsp3) is 0.462. The number of aromatic nitrogens is 3. The van der Waals surface area contributed by atoms with E-state index in [2.05, 4.69) is 87.7 Å². The summed E-state index contributed by atoms with van der Waals surface area (Å²) in [5.74, 6) is -7.83. The molecule has 432 valence electrons. The number of guanidine groups is 1. The number of amides is 11. The van der Waals surface area contributed by atoms with Gasteiger partial charge in [0.1, 0.15) is 53.9 Å². The van der Waals surface area contributed by atoms with Crippen LogP contribution in [0.5, 0.6) is 0 Å². The van der Waals surface area contributed by atoms with Gasteiger partial charge in [-0.25, -0.2) is 14.7 Å². The number of carbonyl (C=O) groups is 10. The van der Waals surface area contributed by atoms with Crippen molar-refractivity contribution in [3.8, 4) is 0 Å². The van der Waals surface area contributed by atoms with E-state index >= 15 is 0 Å². The van der Waals surface area contributed by atoms with Crippen LogP contribution in [-0.2, 0) is 62.4 Å². The molecule has 0 bridgehead atoms. The normalized spacial score (nSPS) is 15.8. The van der Waals surface area contributed by atoms with Crippen LogP contribution in [-0.4, -0.2) is 157 Å². The van der Waals surface area contributed by atoms with Crippen LogP contribution in [0, 0.1) is 0 Å². The minimum Gasteiger partial charge on any atom is -0.370 e. The summed E-state index contributed by atoms with van der Waals surface area (Å²) in [6.45, 7) is 6.27. The largest absolute Gasteiger partial charge is 0.370 e. The van der Waals surface area contributed by atoms with Crippen molar-refractivity contribution in [3.05, 3.63) is 90.1 Å². The third-order valence-electron chi connectivity index (χ3n) is 13.1. The van der Waals surface area contributed by atoms with Crippen molar-refractivity contribution >= 4 is 101 Å². The number of hydrogen-bond donors (Lipinski definition) is 15. The summed E-state index contributed by atoms with van der Waals surface area (Å²) in [6.07, 6.45) is 5.39. The predicted octanol–water partition coefficient (Wildman–Crippen LogP) is -1.38. The van der Waals surface area contributed by atoms with Crippen molar-refractivity contribution < 1.29 is 47.9 Å². The van der Waals surface area contributed by atoms with Gasteiger partial charge in [-0.2, -0.15) is 25.3 Å². The van der Waals surface area contributed by atoms with Gasteiger partial charge in [-0.05, 0) is 57.2 Å². The van der Waals surface area contributed by atoms with Gasteiger partial charge < -0.3 is 69.7 Å². The van der Waals surface area contributed by atoms with E-state index in [1.807, 2.05) is 25.1 Å². The maximum absolute atomic E-state index is 14.7. The van der Waals surface area contributed by atoms with Crippen LogP contribution in [0.4, 0.5) is 4.79 Å². The first kappa shape index (κ1) is 62.7. The van der Waals surface area contributed by atoms with Crippen molar-refractivity contribution in [2.75, 3.05) is 18.1 Å². The summed E-state index contributed by atoms with van der Waals surface area (Å²) in [5, 5.41) is 21.8. The molecular weight excluding hydrogens is 1070 g/mol. The van der Waals surface area contributed by atoms with Gasteiger partial charge in [0.15, 0.2) is 5.96 Å². The van der Waals surface area contributed by atoms with Crippen LogP contribution in [0.15, 0.2) is 78.3 Å². The molecular formula is C52H72N16O10S2. The number of H-pyrrole nitrogens is 2. The van der Waals surface area contributed by atoms with Crippen molar-refractivity contribution in [2.24, 2.45) is 22.2 Å². The molecule has 2 aromatic carbocycles. The number of fused-ring (bicyclic) bond motifs is 1. The molecule has 1 aliphatic rings. The molecule has 8 atom stereocenters. The number of rotatable bonds is 31. The Balaban J connectivity index is 1.37. The molecule has 80 heavy (non-hydrogen) atoms. The van der Waals surface area contributed by atoms with E-state index in [0.29, 0.717) is 29.7 Å². The fourth-order valence-electron chi connectivity index (χ4n) is 8.65. The Hall–Kier alpha value is -8.14. The topological polar surface area (TPSA) is 405 Å². The molecule has 1 aliphatic heterocycles. The Morgan fingerprint density at radius 3 is 1.81 bits per heavy atom. The Bertz CT molecular complexity index is 2860. The van der Waals surface area contributed by atoms with E-state index in [0.717, 1.165) is 15.8 Å². The molecule has 26 nitrogen and oxygen atoms in total. The maximum Gasteiger partial charge on any atom is 0.325 e. The number of carbonyl (C=O) groups excluding carboxylic acids is 10. The molecule has 3 heterocycles. The molecule has 4 aromatic rings. The summed E-state index contributed by atoms with van der Waals surface area (Å²) in [4.78, 5) is 152. The average molecular weight is 1150 g/mol. The summed E-state index contributed by atoms with van der Waals surface area (Å²) < 4.78 is 0. The van der Waals surface area contributed by atoms with E-state index in [-0.39, 0.29) is 62.5 Å². The lowest BCUT2D eigenvalue weighted by atomic mass is 10.0. The number of nitrogens with one attached hydrogen (secondary N) is 10. The van der Waals surface area contributed by atoms with Gasteiger partial charge in [-0.3, -0.25) is 48.1 Å². The average Bonchev–Trinajstić information content (AvgIpc) is 4.14. The Kier molecular flexibility index (Phi) is 23.3. The SMILES string of the molecule is CCCCC(C(=O)NC(CS)C(=O)NC(C)C(=O)NC(Cc1cnc[nH]1)C(=O)NC(Cc1ccccc1)C(=O)NC(CCCN=C(N)N)C(=O)NC(Cc1c[nH]c2ccccc12)C(=O)NC(CS)C(N)=O)N1C(=O)NC(C)(C)C1=O. The quantitative estimate of drug-likeness (QED) is 0.00910. The number of unbranched alkanes of at least 4 members (excludes halogenated alkanes) is 1. The smallest absolute Gasteiger partial charge is 0.325 e. The van der Waals surface area contributed by atoms with Crippen LogP contribution in [0.1, 0.15) is 76.6 Å². The van der Waals surface area contributed by atoms with Crippen molar-refractivity contribution in [3.63, 3.8) is 0 Å². The molecule has 0 spiro atoms. The van der Waals surface area contributed by atoms with Crippen LogP contribution in [0.2, 0.25) is 0 Å². The second-order valence-corrected chi connectivity index (χ2v) is 20.5. The third kappa shape index (κ3) is 17.7. The zero-order valence-corrected chi connectivity index (χ0v) is 46.7. The monoisotopic (exact) mass is 1140 g/mol. The van der Waals surface area contributed by atoms with Crippen LogP contribution >= 0.6 is 25.3 Å². The summed E-state index contributed by atoms with van der Waals surface area (Å²) in [5.41, 5.74) is 17.8. The highest BCUT2D eigenvalue weighted by Gasteiger charge is 2.49. The molecule has 11 amide bonds. The molecule has 1 saturated heterocycles. The van der Waals surface area contributed by atoms with Gasteiger partial charge in [0, 0.05) is 66.3 Å². The van der Waals surface area contributed by atoms with Gasteiger partial charge in [0.25, 0.3) is 5.91 Å². The Labute approximate surface area is 473 Å². The fourth-order valence-corrected chi connectivity index (χ4v) is 9.18. The number of imidazole rings is 1. The zero-order valence-electron chi connectivity index (χ0n) is 44.9. The molecule has 16 N–H and O–H groups in total. The first-order valence-corrected chi connectivity index (χ1v) is 27.2. The van der Waals surface area contributed by atoms with Gasteiger partial charge in [0.2, 0.25) is 47.3 Å². The van der Waals surface area contributed by atoms with E-state index in [1.54, 1.807) is 42.6 Å². The van der Waals surface area contributed by atoms with E-state index in [1.165, 1.54) is 33.3 Å². The number of primary amides is 1. The predicted molar refractivity (Wildman–Crippen MR) is 303 cm³/mol. The lowest BCUT2D eigenvalue weighted by molar-refractivity contribution is -0.139. The van der Waals surface area contributed by atoms with Gasteiger partial charge >= 0.3 is 6.03 Å². The number of urea groups is 1.